The van der Waals surface area contributed by atoms with Crippen molar-refractivity contribution >= 4 is 48.6 Å². The van der Waals surface area contributed by atoms with Crippen LogP contribution in [0.3, 0.4) is 0 Å². The molecular weight excluding hydrogens is 705 g/mol. The third-order valence-corrected chi connectivity index (χ3v) is 15.1. The number of amides is 1. The number of benzene rings is 3. The Morgan fingerprint density at radius 1 is 0.913 bits per heavy atom. The molecule has 46 heavy (non-hydrogen) atoms. The van der Waals surface area contributed by atoms with Crippen LogP contribution >= 0.6 is 22.6 Å². The second-order valence-electron chi connectivity index (χ2n) is 14.3. The molecule has 8 heteroatoms. The fourth-order valence-corrected chi connectivity index (χ4v) is 7.22. The van der Waals surface area contributed by atoms with E-state index in [0.29, 0.717) is 6.61 Å². The Hall–Kier alpha value is -2.82. The molecular formula is C38H48INO5Si. The summed E-state index contributed by atoms with van der Waals surface area (Å²) in [5.41, 5.74) is 6.62. The van der Waals surface area contributed by atoms with Crippen molar-refractivity contribution < 1.29 is 23.5 Å². The maximum absolute atomic E-state index is 13.3. The number of fused-ring (bicyclic) bond motifs is 3. The first kappa shape index (κ1) is 36.0. The molecule has 2 atom stereocenters. The van der Waals surface area contributed by atoms with Crippen molar-refractivity contribution in [3.8, 4) is 11.1 Å². The lowest BCUT2D eigenvalue weighted by Gasteiger charge is -2.36. The number of esters is 1. The van der Waals surface area contributed by atoms with E-state index in [-0.39, 0.29) is 48.0 Å². The fourth-order valence-electron chi connectivity index (χ4n) is 5.53. The summed E-state index contributed by atoms with van der Waals surface area (Å²) < 4.78 is 13.2. The Kier molecular flexibility index (Phi) is 11.7. The number of Topliss-reactive ketones (excluding diaryl/α,β-unsaturated/α-hetero) is 1. The Morgan fingerprint density at radius 3 is 2.04 bits per heavy atom. The molecule has 0 radical (unpaired) electrons. The highest BCUT2D eigenvalue weighted by molar-refractivity contribution is 14.1. The zero-order chi connectivity index (χ0) is 33.8. The topological polar surface area (TPSA) is 81.7 Å². The van der Waals surface area contributed by atoms with Crippen molar-refractivity contribution in [2.45, 2.75) is 91.1 Å². The molecule has 0 saturated carbocycles. The van der Waals surface area contributed by atoms with E-state index in [1.165, 1.54) is 11.1 Å². The van der Waals surface area contributed by atoms with Crippen LogP contribution in [-0.4, -0.2) is 38.6 Å². The third-order valence-electron chi connectivity index (χ3n) is 9.63. The van der Waals surface area contributed by atoms with Gasteiger partial charge in [-0.2, -0.15) is 0 Å². The average Bonchev–Trinajstić information content (AvgIpc) is 3.31. The Morgan fingerprint density at radius 2 is 1.50 bits per heavy atom. The molecule has 3 aromatic rings. The van der Waals surface area contributed by atoms with Crippen LogP contribution in [-0.2, 0) is 36.6 Å². The monoisotopic (exact) mass is 753 g/mol. The number of rotatable bonds is 13. The minimum absolute atomic E-state index is 0.0397. The molecule has 0 saturated heterocycles. The molecule has 1 amide bonds. The third kappa shape index (κ3) is 8.55. The largest absolute Gasteiger partial charge is 0.465 e. The summed E-state index contributed by atoms with van der Waals surface area (Å²) in [6.45, 7) is 17.4. The van der Waals surface area contributed by atoms with Crippen LogP contribution < -0.4 is 5.32 Å². The standard InChI is InChI=1S/C38H48INO5Si/c1-24(2)32(21-36(42)44-23-33-30-15-11-9-13-28(30)29-14-10-12-16-31(29)33)37(43)40-25(3)35(41)20-26-17-18-27(34(39)19-26)22-45-46(7,8)38(4,5)6/h9-19,24-25,32-33H,20-23H2,1-8H3,(H,40,43)/t25-,32-/m0/s1. The highest BCUT2D eigenvalue weighted by atomic mass is 127. The maximum atomic E-state index is 13.3. The molecule has 0 unspecified atom stereocenters. The van der Waals surface area contributed by atoms with Gasteiger partial charge in [0.1, 0.15) is 6.61 Å². The van der Waals surface area contributed by atoms with E-state index in [9.17, 15) is 14.4 Å². The van der Waals surface area contributed by atoms with Gasteiger partial charge in [-0.25, -0.2) is 0 Å². The van der Waals surface area contributed by atoms with Gasteiger partial charge in [-0.15, -0.1) is 0 Å². The number of ketones is 1. The molecule has 0 aromatic heterocycles. The first-order chi connectivity index (χ1) is 21.6. The van der Waals surface area contributed by atoms with E-state index < -0.39 is 26.2 Å². The molecule has 4 rings (SSSR count). The average molecular weight is 754 g/mol. The van der Waals surface area contributed by atoms with E-state index >= 15 is 0 Å². The first-order valence-electron chi connectivity index (χ1n) is 16.2. The predicted octanol–water partition coefficient (Wildman–Crippen LogP) is 8.45. The zero-order valence-corrected chi connectivity index (χ0v) is 31.6. The van der Waals surface area contributed by atoms with E-state index in [0.717, 1.165) is 25.8 Å². The van der Waals surface area contributed by atoms with Crippen molar-refractivity contribution in [2.24, 2.45) is 11.8 Å². The second-order valence-corrected chi connectivity index (χ2v) is 20.3. The fraction of sp³-hybridized carbons (Fsp3) is 0.447. The number of hydrogen-bond donors (Lipinski definition) is 1. The van der Waals surface area contributed by atoms with Gasteiger partial charge < -0.3 is 14.5 Å². The van der Waals surface area contributed by atoms with Crippen LogP contribution in [0.4, 0.5) is 0 Å². The van der Waals surface area contributed by atoms with Crippen molar-refractivity contribution in [2.75, 3.05) is 6.61 Å². The van der Waals surface area contributed by atoms with Gasteiger partial charge in [0.15, 0.2) is 14.1 Å². The zero-order valence-electron chi connectivity index (χ0n) is 28.4. The Bertz CT molecular complexity index is 1530. The first-order valence-corrected chi connectivity index (χ1v) is 20.2. The molecule has 3 aromatic carbocycles. The molecule has 246 valence electrons. The summed E-state index contributed by atoms with van der Waals surface area (Å²) in [6, 6.07) is 21.7. The summed E-state index contributed by atoms with van der Waals surface area (Å²) in [6.07, 6.45) is 0.163. The number of halogens is 1. The molecule has 1 N–H and O–H groups in total. The number of ether oxygens (including phenoxy) is 1. The van der Waals surface area contributed by atoms with E-state index in [1.807, 2.05) is 56.3 Å². The van der Waals surface area contributed by atoms with Gasteiger partial charge in [0.2, 0.25) is 5.91 Å². The van der Waals surface area contributed by atoms with Crippen LogP contribution in [0, 0.1) is 15.4 Å². The highest BCUT2D eigenvalue weighted by Gasteiger charge is 2.37. The summed E-state index contributed by atoms with van der Waals surface area (Å²) >= 11 is 2.30. The van der Waals surface area contributed by atoms with Crippen LogP contribution in [0.25, 0.3) is 11.1 Å². The molecule has 0 bridgehead atoms. The molecule has 0 heterocycles. The van der Waals surface area contributed by atoms with Crippen LogP contribution in [0.5, 0.6) is 0 Å². The normalized spacial score (nSPS) is 14.4. The summed E-state index contributed by atoms with van der Waals surface area (Å²) in [4.78, 5) is 39.5. The van der Waals surface area contributed by atoms with E-state index in [2.05, 4.69) is 86.0 Å². The maximum Gasteiger partial charge on any atom is 0.306 e. The Labute approximate surface area is 289 Å². The molecule has 0 fully saturated rings. The minimum atomic E-state index is -1.87. The van der Waals surface area contributed by atoms with E-state index in [1.54, 1.807) is 6.92 Å². The van der Waals surface area contributed by atoms with Gasteiger partial charge in [0, 0.05) is 15.9 Å². The molecule has 1 aliphatic carbocycles. The summed E-state index contributed by atoms with van der Waals surface area (Å²) in [5.74, 6) is -1.56. The van der Waals surface area contributed by atoms with Crippen molar-refractivity contribution in [3.63, 3.8) is 0 Å². The minimum Gasteiger partial charge on any atom is -0.465 e. The number of nitrogens with one attached hydrogen (secondary N) is 1. The Balaban J connectivity index is 1.30. The van der Waals surface area contributed by atoms with Gasteiger partial charge in [0.25, 0.3) is 0 Å². The molecule has 1 aliphatic rings. The highest BCUT2D eigenvalue weighted by Crippen LogP contribution is 2.44. The van der Waals surface area contributed by atoms with Crippen molar-refractivity contribution in [1.82, 2.24) is 5.32 Å². The number of hydrogen-bond acceptors (Lipinski definition) is 5. The number of carbonyl (C=O) groups excluding carboxylic acids is 3. The lowest BCUT2D eigenvalue weighted by Crippen LogP contribution is -2.44. The van der Waals surface area contributed by atoms with Gasteiger partial charge >= 0.3 is 5.97 Å². The van der Waals surface area contributed by atoms with Gasteiger partial charge in [-0.3, -0.25) is 14.4 Å². The second kappa shape index (κ2) is 14.9. The van der Waals surface area contributed by atoms with Gasteiger partial charge in [-0.05, 0) is 93.0 Å². The quantitative estimate of drug-likeness (QED) is 0.108. The van der Waals surface area contributed by atoms with Crippen LogP contribution in [0.15, 0.2) is 66.7 Å². The number of carbonyl (C=O) groups is 3. The lowest BCUT2D eigenvalue weighted by atomic mass is 9.91. The predicted molar refractivity (Wildman–Crippen MR) is 195 cm³/mol. The molecule has 0 spiro atoms. The smallest absolute Gasteiger partial charge is 0.306 e. The summed E-state index contributed by atoms with van der Waals surface area (Å²) in [5, 5.41) is 3.01. The lowest BCUT2D eigenvalue weighted by molar-refractivity contribution is -0.148. The summed E-state index contributed by atoms with van der Waals surface area (Å²) in [7, 11) is -1.87. The SMILES string of the molecule is CC(C)[C@H](CC(=O)OCC1c2ccccc2-c2ccccc21)C(=O)N[C@@H](C)C(=O)Cc1ccc(CO[Si](C)(C)C(C)(C)C)c(I)c1. The van der Waals surface area contributed by atoms with E-state index in [4.69, 9.17) is 9.16 Å². The molecule has 0 aliphatic heterocycles. The van der Waals surface area contributed by atoms with Crippen molar-refractivity contribution in [3.05, 3.63) is 92.6 Å². The van der Waals surface area contributed by atoms with Crippen molar-refractivity contribution in [1.29, 1.82) is 0 Å². The van der Waals surface area contributed by atoms with Crippen LogP contribution in [0.1, 0.15) is 76.1 Å². The van der Waals surface area contributed by atoms with Gasteiger partial charge in [0.05, 0.1) is 25.0 Å². The van der Waals surface area contributed by atoms with Crippen LogP contribution in [0.2, 0.25) is 18.1 Å². The molecule has 6 nitrogen and oxygen atoms in total. The van der Waals surface area contributed by atoms with Gasteiger partial charge in [-0.1, -0.05) is 95.3 Å².